The fourth-order valence-corrected chi connectivity index (χ4v) is 2.14. The van der Waals surface area contributed by atoms with Crippen LogP contribution in [0.3, 0.4) is 0 Å². The van der Waals surface area contributed by atoms with Gasteiger partial charge in [-0.25, -0.2) is 4.98 Å². The van der Waals surface area contributed by atoms with E-state index in [0.717, 1.165) is 0 Å². The highest BCUT2D eigenvalue weighted by molar-refractivity contribution is 6.10. The summed E-state index contributed by atoms with van der Waals surface area (Å²) in [5, 5.41) is 9.13. The standard InChI is InChI=1S/C14H13N5O4/c1-22-8-4-3-7(5-9(8)23-2)17-14(21)11-10-12(19-18-11)15-6-16-13(10)20/h3-6H,1-2H3,(H,17,21)(H2,15,16,18,19,20). The maximum atomic E-state index is 12.4. The van der Waals surface area contributed by atoms with Crippen LogP contribution < -0.4 is 20.3 Å². The minimum Gasteiger partial charge on any atom is -0.493 e. The van der Waals surface area contributed by atoms with Crippen molar-refractivity contribution in [2.24, 2.45) is 0 Å². The van der Waals surface area contributed by atoms with Crippen LogP contribution in [0.5, 0.6) is 11.5 Å². The third-order valence-corrected chi connectivity index (χ3v) is 3.23. The third kappa shape index (κ3) is 2.59. The van der Waals surface area contributed by atoms with Gasteiger partial charge in [0.15, 0.2) is 17.1 Å². The van der Waals surface area contributed by atoms with Crippen LogP contribution in [0, 0.1) is 0 Å². The number of hydrogen-bond donors (Lipinski definition) is 3. The minimum absolute atomic E-state index is 0.0316. The maximum absolute atomic E-state index is 12.4. The van der Waals surface area contributed by atoms with Crippen molar-refractivity contribution in [2.45, 2.75) is 0 Å². The smallest absolute Gasteiger partial charge is 0.274 e. The Morgan fingerprint density at radius 3 is 2.74 bits per heavy atom. The van der Waals surface area contributed by atoms with E-state index >= 15 is 0 Å². The number of aromatic amines is 2. The van der Waals surface area contributed by atoms with Crippen molar-refractivity contribution < 1.29 is 14.3 Å². The lowest BCUT2D eigenvalue weighted by Crippen LogP contribution is -2.16. The number of fused-ring (bicyclic) bond motifs is 1. The number of carbonyl (C=O) groups excluding carboxylic acids is 1. The van der Waals surface area contributed by atoms with Crippen molar-refractivity contribution in [2.75, 3.05) is 19.5 Å². The molecule has 1 aromatic carbocycles. The number of hydrogen-bond acceptors (Lipinski definition) is 6. The molecule has 0 saturated carbocycles. The van der Waals surface area contributed by atoms with Gasteiger partial charge >= 0.3 is 0 Å². The molecule has 9 nitrogen and oxygen atoms in total. The number of amides is 1. The molecule has 3 N–H and O–H groups in total. The van der Waals surface area contributed by atoms with Gasteiger partial charge in [-0.05, 0) is 12.1 Å². The van der Waals surface area contributed by atoms with Crippen LogP contribution in [0.25, 0.3) is 11.0 Å². The Hall–Kier alpha value is -3.36. The van der Waals surface area contributed by atoms with Gasteiger partial charge in [-0.3, -0.25) is 14.7 Å². The van der Waals surface area contributed by atoms with E-state index in [1.54, 1.807) is 18.2 Å². The summed E-state index contributed by atoms with van der Waals surface area (Å²) in [7, 11) is 3.02. The van der Waals surface area contributed by atoms with E-state index in [0.29, 0.717) is 17.2 Å². The molecular formula is C14H13N5O4. The molecule has 1 amide bonds. The van der Waals surface area contributed by atoms with E-state index < -0.39 is 11.5 Å². The molecule has 0 saturated heterocycles. The molecule has 0 fully saturated rings. The van der Waals surface area contributed by atoms with Gasteiger partial charge in [-0.15, -0.1) is 0 Å². The number of carbonyl (C=O) groups is 1. The first kappa shape index (κ1) is 14.6. The zero-order chi connectivity index (χ0) is 16.4. The zero-order valence-corrected chi connectivity index (χ0v) is 12.3. The first-order valence-corrected chi connectivity index (χ1v) is 6.59. The van der Waals surface area contributed by atoms with E-state index in [1.807, 2.05) is 0 Å². The molecule has 0 radical (unpaired) electrons. The fourth-order valence-electron chi connectivity index (χ4n) is 2.14. The number of rotatable bonds is 4. The van der Waals surface area contributed by atoms with Crippen LogP contribution in [-0.4, -0.2) is 40.3 Å². The molecule has 3 aromatic rings. The number of aromatic nitrogens is 4. The summed E-state index contributed by atoms with van der Waals surface area (Å²) in [5.41, 5.74) is 0.243. The van der Waals surface area contributed by atoms with Gasteiger partial charge in [0.05, 0.1) is 20.5 Å². The minimum atomic E-state index is -0.516. The third-order valence-electron chi connectivity index (χ3n) is 3.23. The molecule has 0 aliphatic rings. The number of H-pyrrole nitrogens is 2. The van der Waals surface area contributed by atoms with Crippen LogP contribution >= 0.6 is 0 Å². The molecule has 118 valence electrons. The van der Waals surface area contributed by atoms with Crippen molar-refractivity contribution in [3.8, 4) is 11.5 Å². The average molecular weight is 315 g/mol. The summed E-state index contributed by atoms with van der Waals surface area (Å²) >= 11 is 0. The van der Waals surface area contributed by atoms with Crippen LogP contribution in [0.1, 0.15) is 10.5 Å². The Morgan fingerprint density at radius 1 is 1.22 bits per heavy atom. The average Bonchev–Trinajstić information content (AvgIpc) is 3.00. The highest BCUT2D eigenvalue weighted by atomic mass is 16.5. The van der Waals surface area contributed by atoms with E-state index in [1.165, 1.54) is 20.5 Å². The predicted molar refractivity (Wildman–Crippen MR) is 82.0 cm³/mol. The van der Waals surface area contributed by atoms with Crippen LogP contribution in [0.15, 0.2) is 29.3 Å². The van der Waals surface area contributed by atoms with E-state index in [9.17, 15) is 9.59 Å². The second-order valence-corrected chi connectivity index (χ2v) is 4.55. The summed E-state index contributed by atoms with van der Waals surface area (Å²) in [6.07, 6.45) is 1.22. The number of nitrogens with one attached hydrogen (secondary N) is 3. The largest absolute Gasteiger partial charge is 0.493 e. The Morgan fingerprint density at radius 2 is 2.00 bits per heavy atom. The summed E-state index contributed by atoms with van der Waals surface area (Å²) < 4.78 is 10.3. The molecular weight excluding hydrogens is 302 g/mol. The van der Waals surface area contributed by atoms with Crippen LogP contribution in [0.4, 0.5) is 5.69 Å². The quantitative estimate of drug-likeness (QED) is 0.658. The monoisotopic (exact) mass is 315 g/mol. The second-order valence-electron chi connectivity index (χ2n) is 4.55. The summed E-state index contributed by atoms with van der Waals surface area (Å²) in [5.74, 6) is 0.496. The summed E-state index contributed by atoms with van der Waals surface area (Å²) in [4.78, 5) is 30.5. The Balaban J connectivity index is 1.94. The molecule has 0 aliphatic heterocycles. The normalized spacial score (nSPS) is 10.5. The van der Waals surface area contributed by atoms with Crippen LogP contribution in [0.2, 0.25) is 0 Å². The Bertz CT molecular complexity index is 930. The summed E-state index contributed by atoms with van der Waals surface area (Å²) in [6.45, 7) is 0. The van der Waals surface area contributed by atoms with Crippen molar-refractivity contribution in [3.05, 3.63) is 40.6 Å². The van der Waals surface area contributed by atoms with Crippen molar-refractivity contribution >= 4 is 22.6 Å². The maximum Gasteiger partial charge on any atom is 0.274 e. The fraction of sp³-hybridized carbons (Fsp3) is 0.143. The van der Waals surface area contributed by atoms with E-state index in [4.69, 9.17) is 9.47 Å². The molecule has 0 spiro atoms. The van der Waals surface area contributed by atoms with E-state index in [-0.39, 0.29) is 16.7 Å². The van der Waals surface area contributed by atoms with Gasteiger partial charge in [0.1, 0.15) is 11.1 Å². The summed E-state index contributed by atoms with van der Waals surface area (Å²) in [6, 6.07) is 4.92. The zero-order valence-electron chi connectivity index (χ0n) is 12.3. The predicted octanol–water partition coefficient (Wildman–Crippen LogP) is 0.916. The van der Waals surface area contributed by atoms with Gasteiger partial charge in [0, 0.05) is 11.8 Å². The lowest BCUT2D eigenvalue weighted by Gasteiger charge is -2.10. The first-order valence-electron chi connectivity index (χ1n) is 6.59. The number of nitrogens with zero attached hydrogens (tertiary/aromatic N) is 2. The number of benzene rings is 1. The lowest BCUT2D eigenvalue weighted by atomic mass is 10.2. The van der Waals surface area contributed by atoms with E-state index in [2.05, 4.69) is 25.5 Å². The molecule has 0 bridgehead atoms. The highest BCUT2D eigenvalue weighted by Crippen LogP contribution is 2.29. The number of anilines is 1. The van der Waals surface area contributed by atoms with Crippen molar-refractivity contribution in [3.63, 3.8) is 0 Å². The molecule has 9 heteroatoms. The molecule has 0 aliphatic carbocycles. The molecule has 2 heterocycles. The highest BCUT2D eigenvalue weighted by Gasteiger charge is 2.17. The topological polar surface area (TPSA) is 122 Å². The molecule has 0 unspecified atom stereocenters. The Labute approximate surface area is 129 Å². The Kier molecular flexibility index (Phi) is 3.67. The molecule has 0 atom stereocenters. The van der Waals surface area contributed by atoms with Gasteiger partial charge in [-0.1, -0.05) is 0 Å². The lowest BCUT2D eigenvalue weighted by molar-refractivity contribution is 0.102. The molecule has 2 aromatic heterocycles. The van der Waals surface area contributed by atoms with Crippen molar-refractivity contribution in [1.29, 1.82) is 0 Å². The number of ether oxygens (including phenoxy) is 2. The van der Waals surface area contributed by atoms with Gasteiger partial charge in [0.2, 0.25) is 0 Å². The molecule has 23 heavy (non-hydrogen) atoms. The van der Waals surface area contributed by atoms with Crippen molar-refractivity contribution in [1.82, 2.24) is 20.2 Å². The SMILES string of the molecule is COc1ccc(NC(=O)c2[nH]nc3nc[nH]c(=O)c23)cc1OC. The van der Waals surface area contributed by atoms with Crippen LogP contribution in [-0.2, 0) is 0 Å². The second kappa shape index (κ2) is 5.79. The van der Waals surface area contributed by atoms with Gasteiger partial charge in [-0.2, -0.15) is 5.10 Å². The van der Waals surface area contributed by atoms with Gasteiger partial charge < -0.3 is 19.8 Å². The van der Waals surface area contributed by atoms with Gasteiger partial charge in [0.25, 0.3) is 11.5 Å². The first-order chi connectivity index (χ1) is 11.1. The number of methoxy groups -OCH3 is 2. The molecule has 3 rings (SSSR count).